The van der Waals surface area contributed by atoms with Crippen molar-refractivity contribution >= 4 is 7.85 Å². The third-order valence-corrected chi connectivity index (χ3v) is 1.60. The van der Waals surface area contributed by atoms with E-state index in [2.05, 4.69) is 6.92 Å². The van der Waals surface area contributed by atoms with E-state index in [0.29, 0.717) is 5.31 Å². The monoisotopic (exact) mass is 80.1 g/mol. The van der Waals surface area contributed by atoms with Gasteiger partial charge >= 0.3 is 0 Å². The quantitative estimate of drug-likeness (QED) is 0.419. The molecule has 2 radical (unpaired) electrons. The second kappa shape index (κ2) is 1.02. The summed E-state index contributed by atoms with van der Waals surface area (Å²) in [6.07, 6.45) is 3.67. The third-order valence-electron chi connectivity index (χ3n) is 1.60. The van der Waals surface area contributed by atoms with E-state index >= 15 is 0 Å². The van der Waals surface area contributed by atoms with Crippen molar-refractivity contribution in [3.63, 3.8) is 0 Å². The maximum atomic E-state index is 5.65. The Bertz CT molecular complexity index is 55.0. The zero-order chi connectivity index (χ0) is 4.62. The van der Waals surface area contributed by atoms with Gasteiger partial charge in [-0.25, -0.2) is 0 Å². The van der Waals surface area contributed by atoms with Gasteiger partial charge in [-0.2, -0.15) is 0 Å². The molecule has 0 aromatic rings. The molecule has 0 aromatic carbocycles. The molecule has 0 aromatic heterocycles. The highest BCUT2D eigenvalue weighted by Gasteiger charge is 2.33. The molecule has 1 rings (SSSR count). The van der Waals surface area contributed by atoms with E-state index in [1.807, 2.05) is 0 Å². The van der Waals surface area contributed by atoms with Crippen LogP contribution in [0, 0.1) is 0 Å². The lowest BCUT2D eigenvalue weighted by atomic mass is 9.81. The fourth-order valence-electron chi connectivity index (χ4n) is 0.514. The highest BCUT2D eigenvalue weighted by atomic mass is 14.3. The van der Waals surface area contributed by atoms with Crippen molar-refractivity contribution in [2.24, 2.45) is 0 Å². The first-order chi connectivity index (χ1) is 2.77. The van der Waals surface area contributed by atoms with Gasteiger partial charge < -0.3 is 0 Å². The van der Waals surface area contributed by atoms with Crippen LogP contribution in [0.5, 0.6) is 0 Å². The molecule has 1 aliphatic rings. The van der Waals surface area contributed by atoms with E-state index in [4.69, 9.17) is 7.85 Å². The fraction of sp³-hybridized carbons (Fsp3) is 1.00. The minimum absolute atomic E-state index is 0.292. The summed E-state index contributed by atoms with van der Waals surface area (Å²) >= 11 is 0. The molecule has 0 bridgehead atoms. The molecule has 0 N–H and O–H groups in total. The molecule has 0 heterocycles. The smallest absolute Gasteiger partial charge is 0.0663 e. The van der Waals surface area contributed by atoms with Gasteiger partial charge in [0.05, 0.1) is 7.85 Å². The van der Waals surface area contributed by atoms with E-state index in [1.54, 1.807) is 0 Å². The van der Waals surface area contributed by atoms with Gasteiger partial charge in [0, 0.05) is 0 Å². The maximum Gasteiger partial charge on any atom is 0.0746 e. The van der Waals surface area contributed by atoms with Crippen LogP contribution in [0.25, 0.3) is 0 Å². The van der Waals surface area contributed by atoms with Crippen molar-refractivity contribution < 1.29 is 0 Å². The molecule has 0 atom stereocenters. The van der Waals surface area contributed by atoms with Gasteiger partial charge in [0.25, 0.3) is 0 Å². The van der Waals surface area contributed by atoms with E-state index in [0.717, 1.165) is 6.42 Å². The summed E-state index contributed by atoms with van der Waals surface area (Å²) in [5, 5.41) is 0.292. The SMILES string of the molecule is [B]C1(CC)CC1. The van der Waals surface area contributed by atoms with Crippen LogP contribution in [0.4, 0.5) is 0 Å². The van der Waals surface area contributed by atoms with Crippen LogP contribution < -0.4 is 0 Å². The average Bonchev–Trinajstić information content (AvgIpc) is 2.22. The van der Waals surface area contributed by atoms with Gasteiger partial charge in [-0.15, -0.1) is 0 Å². The van der Waals surface area contributed by atoms with E-state index in [9.17, 15) is 0 Å². The maximum absolute atomic E-state index is 5.65. The van der Waals surface area contributed by atoms with Crippen molar-refractivity contribution in [2.75, 3.05) is 0 Å². The summed E-state index contributed by atoms with van der Waals surface area (Å²) in [6.45, 7) is 2.15. The molecular formula is C5H9B. The average molecular weight is 79.9 g/mol. The Morgan fingerprint density at radius 3 is 2.17 bits per heavy atom. The minimum atomic E-state index is 0.292. The molecule has 1 saturated carbocycles. The predicted molar refractivity (Wildman–Crippen MR) is 28.0 cm³/mol. The highest BCUT2D eigenvalue weighted by Crippen LogP contribution is 2.52. The summed E-state index contributed by atoms with van der Waals surface area (Å²) < 4.78 is 0. The summed E-state index contributed by atoms with van der Waals surface area (Å²) in [7, 11) is 5.65. The first-order valence-corrected chi connectivity index (χ1v) is 2.56. The third kappa shape index (κ3) is 0.587. The van der Waals surface area contributed by atoms with Gasteiger partial charge in [-0.1, -0.05) is 31.5 Å². The van der Waals surface area contributed by atoms with Crippen molar-refractivity contribution in [3.8, 4) is 0 Å². The summed E-state index contributed by atoms with van der Waals surface area (Å²) in [6, 6.07) is 0. The Morgan fingerprint density at radius 2 is 2.17 bits per heavy atom. The summed E-state index contributed by atoms with van der Waals surface area (Å²) in [5.74, 6) is 0. The first-order valence-electron chi connectivity index (χ1n) is 2.56. The second-order valence-electron chi connectivity index (χ2n) is 2.22. The van der Waals surface area contributed by atoms with Crippen LogP contribution in [0.15, 0.2) is 0 Å². The topological polar surface area (TPSA) is 0 Å². The lowest BCUT2D eigenvalue weighted by Gasteiger charge is -1.97. The first kappa shape index (κ1) is 4.23. The van der Waals surface area contributed by atoms with E-state index in [1.165, 1.54) is 12.8 Å². The van der Waals surface area contributed by atoms with Gasteiger partial charge in [-0.3, -0.25) is 0 Å². The fourth-order valence-corrected chi connectivity index (χ4v) is 0.514. The van der Waals surface area contributed by atoms with Gasteiger partial charge in [-0.05, 0) is 0 Å². The molecule has 0 saturated heterocycles. The lowest BCUT2D eigenvalue weighted by Crippen LogP contribution is -1.83. The van der Waals surface area contributed by atoms with Crippen molar-refractivity contribution in [2.45, 2.75) is 31.5 Å². The van der Waals surface area contributed by atoms with Crippen molar-refractivity contribution in [1.82, 2.24) is 0 Å². The second-order valence-corrected chi connectivity index (χ2v) is 2.22. The van der Waals surface area contributed by atoms with Crippen molar-refractivity contribution in [1.29, 1.82) is 0 Å². The number of hydrogen-bond acceptors (Lipinski definition) is 0. The van der Waals surface area contributed by atoms with Crippen LogP contribution in [0.2, 0.25) is 5.31 Å². The molecule has 1 aliphatic carbocycles. The van der Waals surface area contributed by atoms with Crippen LogP contribution in [0.1, 0.15) is 26.2 Å². The van der Waals surface area contributed by atoms with Gasteiger partial charge in [0.1, 0.15) is 0 Å². The molecule has 1 fully saturated rings. The molecule has 0 unspecified atom stereocenters. The molecule has 6 heavy (non-hydrogen) atoms. The summed E-state index contributed by atoms with van der Waals surface area (Å²) in [4.78, 5) is 0. The van der Waals surface area contributed by atoms with E-state index < -0.39 is 0 Å². The lowest BCUT2D eigenvalue weighted by molar-refractivity contribution is 0.823. The van der Waals surface area contributed by atoms with Crippen molar-refractivity contribution in [3.05, 3.63) is 0 Å². The molecule has 0 spiro atoms. The Kier molecular flexibility index (Phi) is 0.718. The van der Waals surface area contributed by atoms with Crippen LogP contribution in [-0.4, -0.2) is 7.85 Å². The van der Waals surface area contributed by atoms with Crippen LogP contribution in [0.3, 0.4) is 0 Å². The largest absolute Gasteiger partial charge is 0.0746 e. The molecule has 0 nitrogen and oxygen atoms in total. The number of rotatable bonds is 1. The van der Waals surface area contributed by atoms with Gasteiger partial charge in [0.2, 0.25) is 0 Å². The van der Waals surface area contributed by atoms with Gasteiger partial charge in [0.15, 0.2) is 0 Å². The van der Waals surface area contributed by atoms with E-state index in [-0.39, 0.29) is 0 Å². The van der Waals surface area contributed by atoms with Crippen LogP contribution in [-0.2, 0) is 0 Å². The Balaban J connectivity index is 2.28. The molecular weight excluding hydrogens is 70.9 g/mol. The van der Waals surface area contributed by atoms with Crippen LogP contribution >= 0.6 is 0 Å². The Labute approximate surface area is 40.3 Å². The zero-order valence-electron chi connectivity index (χ0n) is 4.20. The molecule has 0 aliphatic heterocycles. The Morgan fingerprint density at radius 1 is 1.67 bits per heavy atom. The minimum Gasteiger partial charge on any atom is -0.0663 e. The normalized spacial score (nSPS) is 26.8. The zero-order valence-corrected chi connectivity index (χ0v) is 4.20. The Hall–Kier alpha value is 0.0649. The predicted octanol–water partition coefficient (Wildman–Crippen LogP) is 1.52. The molecule has 1 heteroatoms. The molecule has 32 valence electrons. The summed E-state index contributed by atoms with van der Waals surface area (Å²) in [5.41, 5.74) is 0. The molecule has 0 amide bonds. The highest BCUT2D eigenvalue weighted by molar-refractivity contribution is 6.17. The number of hydrogen-bond donors (Lipinski definition) is 0. The standard InChI is InChI=1S/C5H9B/c1-2-5(6)3-4-5/h2-4H2,1H3.